The van der Waals surface area contributed by atoms with Crippen molar-refractivity contribution in [3.8, 4) is 22.8 Å². The van der Waals surface area contributed by atoms with Crippen molar-refractivity contribution in [1.82, 2.24) is 14.9 Å². The van der Waals surface area contributed by atoms with E-state index in [9.17, 15) is 14.7 Å². The van der Waals surface area contributed by atoms with Gasteiger partial charge in [-0.2, -0.15) is 0 Å². The van der Waals surface area contributed by atoms with Gasteiger partial charge in [-0.25, -0.2) is 4.98 Å². The second kappa shape index (κ2) is 9.03. The van der Waals surface area contributed by atoms with Crippen LogP contribution in [0.2, 0.25) is 0 Å². The van der Waals surface area contributed by atoms with Gasteiger partial charge in [0.2, 0.25) is 5.88 Å². The number of para-hydroxylation sites is 1. The number of carbonyl (C=O) groups excluding carboxylic acids is 1. The topological polar surface area (TPSA) is 107 Å². The Hall–Kier alpha value is -3.91. The summed E-state index contributed by atoms with van der Waals surface area (Å²) in [6.07, 6.45) is 3.19. The van der Waals surface area contributed by atoms with Gasteiger partial charge in [0, 0.05) is 43.2 Å². The first kappa shape index (κ1) is 24.2. The van der Waals surface area contributed by atoms with Gasteiger partial charge < -0.3 is 24.1 Å². The van der Waals surface area contributed by atoms with Crippen LogP contribution in [0.4, 0.5) is 0 Å². The molecule has 4 rings (SSSR count). The third-order valence-electron chi connectivity index (χ3n) is 5.87. The summed E-state index contributed by atoms with van der Waals surface area (Å²) in [5.74, 6) is 0.578. The molecule has 3 aromatic heterocycles. The lowest BCUT2D eigenvalue weighted by atomic mass is 9.96. The highest BCUT2D eigenvalue weighted by Gasteiger charge is 2.25. The predicted octanol–water partition coefficient (Wildman–Crippen LogP) is 4.58. The lowest BCUT2D eigenvalue weighted by Crippen LogP contribution is -2.22. The summed E-state index contributed by atoms with van der Waals surface area (Å²) in [6.45, 7) is 9.44. The van der Waals surface area contributed by atoms with Gasteiger partial charge in [-0.1, -0.05) is 18.2 Å². The first-order chi connectivity index (χ1) is 16.5. The van der Waals surface area contributed by atoms with Crippen LogP contribution in [0.15, 0.2) is 51.9 Å². The van der Waals surface area contributed by atoms with E-state index in [0.717, 1.165) is 11.1 Å². The number of furan rings is 1. The summed E-state index contributed by atoms with van der Waals surface area (Å²) in [5.41, 5.74) is 2.23. The smallest absolute Gasteiger partial charge is 0.287 e. The van der Waals surface area contributed by atoms with Gasteiger partial charge in [0.25, 0.3) is 11.5 Å². The Bertz CT molecular complexity index is 1470. The van der Waals surface area contributed by atoms with Crippen molar-refractivity contribution in [2.45, 2.75) is 40.2 Å². The highest BCUT2D eigenvalue weighted by atomic mass is 16.5. The van der Waals surface area contributed by atoms with E-state index in [0.29, 0.717) is 29.0 Å². The number of hydrogen-bond donors (Lipinski definition) is 2. The molecule has 35 heavy (non-hydrogen) atoms. The van der Waals surface area contributed by atoms with Gasteiger partial charge in [-0.3, -0.25) is 9.59 Å². The zero-order valence-electron chi connectivity index (χ0n) is 20.7. The number of pyridine rings is 2. The van der Waals surface area contributed by atoms with Crippen molar-refractivity contribution in [2.24, 2.45) is 7.05 Å². The molecule has 0 aliphatic carbocycles. The monoisotopic (exact) mass is 475 g/mol. The van der Waals surface area contributed by atoms with E-state index in [2.05, 4.69) is 10.3 Å². The van der Waals surface area contributed by atoms with Crippen LogP contribution in [0, 0.1) is 13.8 Å². The van der Waals surface area contributed by atoms with E-state index in [1.807, 2.05) is 32.0 Å². The molecule has 0 saturated carbocycles. The van der Waals surface area contributed by atoms with Gasteiger partial charge in [-0.15, -0.1) is 0 Å². The molecule has 8 nitrogen and oxygen atoms in total. The molecular formula is C27H29N3O5. The van der Waals surface area contributed by atoms with Crippen molar-refractivity contribution in [1.29, 1.82) is 0 Å². The van der Waals surface area contributed by atoms with E-state index in [1.165, 1.54) is 10.6 Å². The molecule has 1 amide bonds. The van der Waals surface area contributed by atoms with Crippen LogP contribution < -0.4 is 15.6 Å². The first-order valence-corrected chi connectivity index (χ1v) is 11.4. The van der Waals surface area contributed by atoms with Crippen LogP contribution in [0.5, 0.6) is 11.6 Å². The molecule has 1 aromatic carbocycles. The zero-order valence-corrected chi connectivity index (χ0v) is 20.7. The van der Waals surface area contributed by atoms with E-state index in [1.54, 1.807) is 46.3 Å². The van der Waals surface area contributed by atoms with E-state index in [-0.39, 0.29) is 28.2 Å². The normalized spacial score (nSPS) is 11.6. The van der Waals surface area contributed by atoms with Crippen molar-refractivity contribution >= 4 is 16.9 Å². The molecule has 0 aliphatic rings. The number of aryl methyl sites for hydroxylation is 3. The highest BCUT2D eigenvalue weighted by molar-refractivity contribution is 6.00. The Kier molecular flexibility index (Phi) is 6.25. The number of benzene rings is 1. The molecule has 0 aliphatic heterocycles. The third-order valence-corrected chi connectivity index (χ3v) is 5.87. The third kappa shape index (κ3) is 4.57. The Morgan fingerprint density at radius 1 is 1.20 bits per heavy atom. The summed E-state index contributed by atoms with van der Waals surface area (Å²) < 4.78 is 13.6. The van der Waals surface area contributed by atoms with Crippen LogP contribution in [-0.2, 0) is 12.6 Å². The van der Waals surface area contributed by atoms with E-state index in [4.69, 9.17) is 9.15 Å². The van der Waals surface area contributed by atoms with Crippen molar-refractivity contribution < 1.29 is 19.1 Å². The van der Waals surface area contributed by atoms with Crippen LogP contribution in [0.25, 0.3) is 22.1 Å². The SMILES string of the molecule is CCNC(=O)c1cc2c(=O)n(C)cc(-c3cc(C(C)(C)O)cnc3Oc3c(C)cccc3C)c2o1. The maximum Gasteiger partial charge on any atom is 0.287 e. The summed E-state index contributed by atoms with van der Waals surface area (Å²) in [4.78, 5) is 29.9. The van der Waals surface area contributed by atoms with E-state index >= 15 is 0 Å². The number of fused-ring (bicyclic) bond motifs is 1. The minimum absolute atomic E-state index is 0.0372. The quantitative estimate of drug-likeness (QED) is 0.423. The van der Waals surface area contributed by atoms with Gasteiger partial charge in [-0.05, 0) is 51.8 Å². The number of aromatic nitrogens is 2. The zero-order chi connectivity index (χ0) is 25.5. The summed E-state index contributed by atoms with van der Waals surface area (Å²) in [6, 6.07) is 9.06. The average Bonchev–Trinajstić information content (AvgIpc) is 3.24. The number of nitrogens with one attached hydrogen (secondary N) is 1. The Balaban J connectivity index is 2.00. The fourth-order valence-corrected chi connectivity index (χ4v) is 3.92. The number of rotatable bonds is 6. The highest BCUT2D eigenvalue weighted by Crippen LogP contribution is 2.39. The molecular weight excluding hydrogens is 446 g/mol. The maximum atomic E-state index is 12.9. The lowest BCUT2D eigenvalue weighted by molar-refractivity contribution is 0.0782. The first-order valence-electron chi connectivity index (χ1n) is 11.4. The minimum Gasteiger partial charge on any atom is -0.450 e. The molecule has 0 atom stereocenters. The van der Waals surface area contributed by atoms with Crippen LogP contribution in [0.3, 0.4) is 0 Å². The number of ether oxygens (including phenoxy) is 1. The van der Waals surface area contributed by atoms with Crippen LogP contribution >= 0.6 is 0 Å². The molecule has 8 heteroatoms. The fraction of sp³-hybridized carbons (Fsp3) is 0.296. The average molecular weight is 476 g/mol. The van der Waals surface area contributed by atoms with Gasteiger partial charge in [0.15, 0.2) is 5.76 Å². The van der Waals surface area contributed by atoms with Crippen molar-refractivity contribution in [3.05, 3.63) is 75.5 Å². The molecule has 0 unspecified atom stereocenters. The second-order valence-electron chi connectivity index (χ2n) is 9.13. The number of nitrogens with zero attached hydrogens (tertiary/aromatic N) is 2. The Morgan fingerprint density at radius 2 is 1.89 bits per heavy atom. The molecule has 0 saturated heterocycles. The molecule has 2 N–H and O–H groups in total. The second-order valence-corrected chi connectivity index (χ2v) is 9.13. The largest absolute Gasteiger partial charge is 0.450 e. The lowest BCUT2D eigenvalue weighted by Gasteiger charge is -2.20. The number of carbonyl (C=O) groups is 1. The summed E-state index contributed by atoms with van der Waals surface area (Å²) in [5, 5.41) is 13.6. The standard InChI is InChI=1S/C27H29N3O5/c1-7-28-24(31)21-12-19-23(34-21)20(14-30(6)26(19)32)18-11-17(27(4,5)33)13-29-25(18)35-22-15(2)9-8-10-16(22)3/h8-14,33H,7H2,1-6H3,(H,28,31). The number of hydrogen-bond acceptors (Lipinski definition) is 6. The van der Waals surface area contributed by atoms with Crippen molar-refractivity contribution in [3.63, 3.8) is 0 Å². The molecule has 0 radical (unpaired) electrons. The fourth-order valence-electron chi connectivity index (χ4n) is 3.92. The molecule has 4 aromatic rings. The Morgan fingerprint density at radius 3 is 2.51 bits per heavy atom. The Labute approximate surface area is 203 Å². The number of aliphatic hydroxyl groups is 1. The van der Waals surface area contributed by atoms with Gasteiger partial charge in [0.1, 0.15) is 11.3 Å². The minimum atomic E-state index is -1.17. The van der Waals surface area contributed by atoms with Gasteiger partial charge >= 0.3 is 0 Å². The summed E-state index contributed by atoms with van der Waals surface area (Å²) in [7, 11) is 1.63. The van der Waals surface area contributed by atoms with Crippen molar-refractivity contribution in [2.75, 3.05) is 6.54 Å². The molecule has 182 valence electrons. The van der Waals surface area contributed by atoms with Gasteiger partial charge in [0.05, 0.1) is 16.6 Å². The van der Waals surface area contributed by atoms with Crippen LogP contribution in [0.1, 0.15) is 48.0 Å². The predicted molar refractivity (Wildman–Crippen MR) is 134 cm³/mol. The molecule has 0 fully saturated rings. The summed E-state index contributed by atoms with van der Waals surface area (Å²) >= 11 is 0. The maximum absolute atomic E-state index is 12.9. The molecule has 0 bridgehead atoms. The molecule has 0 spiro atoms. The molecule has 3 heterocycles. The van der Waals surface area contributed by atoms with Crippen LogP contribution in [-0.4, -0.2) is 27.1 Å². The van der Waals surface area contributed by atoms with E-state index < -0.39 is 11.5 Å². The number of amides is 1.